The van der Waals surface area contributed by atoms with E-state index < -0.39 is 6.09 Å². The number of fused-ring (bicyclic) bond motifs is 1. The Morgan fingerprint density at radius 1 is 1.19 bits per heavy atom. The molecule has 0 spiro atoms. The predicted octanol–water partition coefficient (Wildman–Crippen LogP) is 3.57. The van der Waals surface area contributed by atoms with Crippen LogP contribution in [0.4, 0.5) is 10.7 Å². The molecule has 0 fully saturated rings. The van der Waals surface area contributed by atoms with Crippen LogP contribution in [0.5, 0.6) is 0 Å². The zero-order chi connectivity index (χ0) is 14.8. The molecule has 1 amide bonds. The Labute approximate surface area is 127 Å². The monoisotopic (exact) mass is 299 g/mol. The SMILES string of the molecule is COC(=O)Nc1nc2cc(-c3ccccc3)ccc2n1S. The Morgan fingerprint density at radius 3 is 2.67 bits per heavy atom. The van der Waals surface area contributed by atoms with Crippen molar-refractivity contribution in [3.63, 3.8) is 0 Å². The van der Waals surface area contributed by atoms with Crippen molar-refractivity contribution in [3.8, 4) is 11.1 Å². The minimum atomic E-state index is -0.580. The second kappa shape index (κ2) is 5.49. The summed E-state index contributed by atoms with van der Waals surface area (Å²) in [5.41, 5.74) is 3.72. The average molecular weight is 299 g/mol. The van der Waals surface area contributed by atoms with E-state index in [-0.39, 0.29) is 0 Å². The number of thiol groups is 1. The van der Waals surface area contributed by atoms with Gasteiger partial charge in [0.1, 0.15) is 0 Å². The van der Waals surface area contributed by atoms with E-state index in [0.29, 0.717) is 5.95 Å². The summed E-state index contributed by atoms with van der Waals surface area (Å²) in [6, 6.07) is 15.9. The average Bonchev–Trinajstić information content (AvgIpc) is 2.83. The van der Waals surface area contributed by atoms with Gasteiger partial charge in [0.25, 0.3) is 0 Å². The maximum Gasteiger partial charge on any atom is 0.413 e. The number of anilines is 1. The van der Waals surface area contributed by atoms with Crippen LogP contribution in [0.25, 0.3) is 22.2 Å². The van der Waals surface area contributed by atoms with Crippen LogP contribution >= 0.6 is 12.8 Å². The molecule has 0 aliphatic carbocycles. The molecular formula is C15H13N3O2S. The van der Waals surface area contributed by atoms with Gasteiger partial charge in [-0.3, -0.25) is 9.29 Å². The molecule has 2 aromatic carbocycles. The van der Waals surface area contributed by atoms with Crippen molar-refractivity contribution in [2.45, 2.75) is 0 Å². The van der Waals surface area contributed by atoms with Gasteiger partial charge in [-0.05, 0) is 23.3 Å². The molecule has 1 N–H and O–H groups in total. The highest BCUT2D eigenvalue weighted by atomic mass is 32.1. The van der Waals surface area contributed by atoms with Crippen LogP contribution in [0.1, 0.15) is 0 Å². The fourth-order valence-electron chi connectivity index (χ4n) is 2.10. The molecule has 3 aromatic rings. The van der Waals surface area contributed by atoms with E-state index in [9.17, 15) is 4.79 Å². The van der Waals surface area contributed by atoms with Crippen molar-refractivity contribution in [2.24, 2.45) is 0 Å². The summed E-state index contributed by atoms with van der Waals surface area (Å²) in [4.78, 5) is 15.6. The molecule has 0 saturated carbocycles. The molecule has 0 aliphatic rings. The van der Waals surface area contributed by atoms with E-state index in [1.807, 2.05) is 48.5 Å². The lowest BCUT2D eigenvalue weighted by atomic mass is 10.1. The number of carbonyl (C=O) groups excluding carboxylic acids is 1. The first-order valence-electron chi connectivity index (χ1n) is 6.31. The molecule has 5 nitrogen and oxygen atoms in total. The Bertz CT molecular complexity index is 799. The molecule has 3 rings (SSSR count). The Kier molecular flexibility index (Phi) is 3.53. The van der Waals surface area contributed by atoms with Gasteiger partial charge < -0.3 is 4.74 Å². The van der Waals surface area contributed by atoms with Gasteiger partial charge in [-0.25, -0.2) is 9.78 Å². The lowest BCUT2D eigenvalue weighted by Gasteiger charge is -2.02. The molecule has 0 bridgehead atoms. The molecule has 0 unspecified atom stereocenters. The van der Waals surface area contributed by atoms with Crippen molar-refractivity contribution < 1.29 is 9.53 Å². The van der Waals surface area contributed by atoms with Crippen molar-refractivity contribution in [2.75, 3.05) is 12.4 Å². The molecule has 0 saturated heterocycles. The van der Waals surface area contributed by atoms with Crippen LogP contribution in [-0.2, 0) is 4.74 Å². The quantitative estimate of drug-likeness (QED) is 0.711. The topological polar surface area (TPSA) is 56.1 Å². The molecule has 0 aliphatic heterocycles. The molecule has 0 radical (unpaired) electrons. The van der Waals surface area contributed by atoms with Gasteiger partial charge in [-0.15, -0.1) is 0 Å². The van der Waals surface area contributed by atoms with Gasteiger partial charge >= 0.3 is 6.09 Å². The van der Waals surface area contributed by atoms with Gasteiger partial charge in [-0.1, -0.05) is 49.2 Å². The van der Waals surface area contributed by atoms with Gasteiger partial charge in [0.05, 0.1) is 18.1 Å². The number of nitrogens with one attached hydrogen (secondary N) is 1. The highest BCUT2D eigenvalue weighted by Crippen LogP contribution is 2.27. The summed E-state index contributed by atoms with van der Waals surface area (Å²) < 4.78 is 6.08. The van der Waals surface area contributed by atoms with Gasteiger partial charge in [0.15, 0.2) is 0 Å². The number of nitrogens with zero attached hydrogens (tertiary/aromatic N) is 2. The summed E-state index contributed by atoms with van der Waals surface area (Å²) in [5.74, 6) is 0.324. The molecule has 1 heterocycles. The van der Waals surface area contributed by atoms with E-state index in [1.165, 1.54) is 11.1 Å². The molecule has 0 atom stereocenters. The fourth-order valence-corrected chi connectivity index (χ4v) is 2.36. The minimum Gasteiger partial charge on any atom is -0.453 e. The lowest BCUT2D eigenvalue weighted by Crippen LogP contribution is -2.13. The number of aromatic nitrogens is 2. The van der Waals surface area contributed by atoms with Crippen LogP contribution in [0, 0.1) is 0 Å². The van der Waals surface area contributed by atoms with Crippen LogP contribution < -0.4 is 5.32 Å². The number of carbonyl (C=O) groups is 1. The second-order valence-electron chi connectivity index (χ2n) is 4.43. The number of benzene rings is 2. The van der Waals surface area contributed by atoms with Crippen molar-refractivity contribution in [3.05, 3.63) is 48.5 Å². The van der Waals surface area contributed by atoms with Crippen molar-refractivity contribution >= 4 is 35.9 Å². The summed E-state index contributed by atoms with van der Waals surface area (Å²) in [5, 5.41) is 2.52. The van der Waals surface area contributed by atoms with E-state index in [1.54, 1.807) is 0 Å². The lowest BCUT2D eigenvalue weighted by molar-refractivity contribution is 0.186. The van der Waals surface area contributed by atoms with E-state index in [2.05, 4.69) is 27.9 Å². The zero-order valence-corrected chi connectivity index (χ0v) is 12.2. The number of imidazole rings is 1. The molecular weight excluding hydrogens is 286 g/mol. The van der Waals surface area contributed by atoms with Crippen molar-refractivity contribution in [1.29, 1.82) is 0 Å². The van der Waals surface area contributed by atoms with Gasteiger partial charge in [0, 0.05) is 0 Å². The molecule has 6 heteroatoms. The molecule has 1 aromatic heterocycles. The van der Waals surface area contributed by atoms with E-state index in [4.69, 9.17) is 0 Å². The summed E-state index contributed by atoms with van der Waals surface area (Å²) in [6.07, 6.45) is -0.580. The normalized spacial score (nSPS) is 10.6. The fraction of sp³-hybridized carbons (Fsp3) is 0.0667. The third kappa shape index (κ3) is 2.57. The van der Waals surface area contributed by atoms with Crippen LogP contribution in [0.15, 0.2) is 48.5 Å². The predicted molar refractivity (Wildman–Crippen MR) is 85.6 cm³/mol. The minimum absolute atomic E-state index is 0.324. The van der Waals surface area contributed by atoms with Gasteiger partial charge in [0.2, 0.25) is 5.95 Å². The Morgan fingerprint density at radius 2 is 1.95 bits per heavy atom. The molecule has 106 valence electrons. The smallest absolute Gasteiger partial charge is 0.413 e. The summed E-state index contributed by atoms with van der Waals surface area (Å²) in [7, 11) is 1.30. The van der Waals surface area contributed by atoms with Crippen LogP contribution in [0.3, 0.4) is 0 Å². The zero-order valence-electron chi connectivity index (χ0n) is 11.3. The second-order valence-corrected chi connectivity index (χ2v) is 4.83. The standard InChI is InChI=1S/C15H13N3O2S/c1-20-15(19)17-14-16-12-9-11(7-8-13(12)18(14)21)10-5-3-2-4-6-10/h2-9,21H,1H3,(H,16,17,19). The number of methoxy groups -OCH3 is 1. The Balaban J connectivity index is 2.04. The van der Waals surface area contributed by atoms with Crippen molar-refractivity contribution in [1.82, 2.24) is 8.96 Å². The maximum absolute atomic E-state index is 11.3. The van der Waals surface area contributed by atoms with E-state index >= 15 is 0 Å². The summed E-state index contributed by atoms with van der Waals surface area (Å²) in [6.45, 7) is 0. The maximum atomic E-state index is 11.3. The first-order valence-corrected chi connectivity index (χ1v) is 6.71. The van der Waals surface area contributed by atoms with Crippen LogP contribution in [0.2, 0.25) is 0 Å². The largest absolute Gasteiger partial charge is 0.453 e. The van der Waals surface area contributed by atoms with Crippen LogP contribution in [-0.4, -0.2) is 22.2 Å². The summed E-state index contributed by atoms with van der Waals surface area (Å²) >= 11 is 4.33. The van der Waals surface area contributed by atoms with E-state index in [0.717, 1.165) is 22.2 Å². The first-order chi connectivity index (χ1) is 10.2. The molecule has 21 heavy (non-hydrogen) atoms. The number of ether oxygens (including phenoxy) is 1. The number of hydrogen-bond donors (Lipinski definition) is 2. The Hall–Kier alpha value is -2.47. The third-order valence-corrected chi connectivity index (χ3v) is 3.54. The number of hydrogen-bond acceptors (Lipinski definition) is 4. The number of amides is 1. The highest BCUT2D eigenvalue weighted by molar-refractivity contribution is 7.79. The highest BCUT2D eigenvalue weighted by Gasteiger charge is 2.12. The number of rotatable bonds is 2. The van der Waals surface area contributed by atoms with Gasteiger partial charge in [-0.2, -0.15) is 0 Å². The first kappa shape index (κ1) is 13.5. The third-order valence-electron chi connectivity index (χ3n) is 3.14.